The first-order valence-corrected chi connectivity index (χ1v) is 4.19. The summed E-state index contributed by atoms with van der Waals surface area (Å²) in [6.45, 7) is 0. The lowest BCUT2D eigenvalue weighted by molar-refractivity contribution is 0.543. The highest BCUT2D eigenvalue weighted by Crippen LogP contribution is 2.45. The predicted molar refractivity (Wildman–Crippen MR) is 41.0 cm³/mol. The number of fused-ring (bicyclic) bond motifs is 1. The Morgan fingerprint density at radius 3 is 3.09 bits per heavy atom. The van der Waals surface area contributed by atoms with Gasteiger partial charge in [0.2, 0.25) is 0 Å². The minimum Gasteiger partial charge on any atom is -0.347 e. The number of nitrogens with zero attached hydrogens (tertiary/aromatic N) is 1. The zero-order valence-electron chi connectivity index (χ0n) is 6.25. The van der Waals surface area contributed by atoms with Crippen LogP contribution in [0.3, 0.4) is 0 Å². The summed E-state index contributed by atoms with van der Waals surface area (Å²) >= 11 is 0. The summed E-state index contributed by atoms with van der Waals surface area (Å²) in [7, 11) is 0. The number of nitrogens with one attached hydrogen (secondary N) is 2. The molecule has 3 heteroatoms. The van der Waals surface area contributed by atoms with E-state index in [0.29, 0.717) is 6.04 Å². The van der Waals surface area contributed by atoms with E-state index >= 15 is 0 Å². The van der Waals surface area contributed by atoms with E-state index in [2.05, 4.69) is 15.3 Å². The van der Waals surface area contributed by atoms with E-state index in [0.717, 1.165) is 17.8 Å². The van der Waals surface area contributed by atoms with Gasteiger partial charge in [-0.15, -0.1) is 0 Å². The fourth-order valence-electron chi connectivity index (χ4n) is 2.00. The van der Waals surface area contributed by atoms with E-state index in [-0.39, 0.29) is 0 Å². The fourth-order valence-corrected chi connectivity index (χ4v) is 2.00. The Bertz CT molecular complexity index is 244. The number of hydrogen-bond acceptors (Lipinski definition) is 2. The SMILES string of the molecule is c1c[nH]c([C@@H]2C[C@@H]3C[C@@H]3N2)n1. The largest absolute Gasteiger partial charge is 0.347 e. The van der Waals surface area contributed by atoms with Gasteiger partial charge in [0.15, 0.2) is 0 Å². The Morgan fingerprint density at radius 2 is 2.45 bits per heavy atom. The second kappa shape index (κ2) is 1.85. The molecule has 2 fully saturated rings. The molecule has 11 heavy (non-hydrogen) atoms. The predicted octanol–water partition coefficient (Wildman–Crippen LogP) is 0.833. The van der Waals surface area contributed by atoms with Gasteiger partial charge in [0.1, 0.15) is 5.82 Å². The van der Waals surface area contributed by atoms with Gasteiger partial charge in [0.25, 0.3) is 0 Å². The van der Waals surface area contributed by atoms with Crippen LogP contribution in [0.4, 0.5) is 0 Å². The highest BCUT2D eigenvalue weighted by Gasteiger charge is 2.46. The van der Waals surface area contributed by atoms with E-state index < -0.39 is 0 Å². The van der Waals surface area contributed by atoms with Crippen LogP contribution < -0.4 is 5.32 Å². The van der Waals surface area contributed by atoms with Gasteiger partial charge in [0, 0.05) is 18.4 Å². The summed E-state index contributed by atoms with van der Waals surface area (Å²) in [5.41, 5.74) is 0. The van der Waals surface area contributed by atoms with Gasteiger partial charge < -0.3 is 10.3 Å². The number of piperidine rings is 1. The molecule has 0 bridgehead atoms. The zero-order chi connectivity index (χ0) is 7.26. The molecule has 0 unspecified atom stereocenters. The maximum absolute atomic E-state index is 4.24. The molecule has 58 valence electrons. The molecule has 2 heterocycles. The summed E-state index contributed by atoms with van der Waals surface area (Å²) in [6.07, 6.45) is 6.37. The third-order valence-corrected chi connectivity index (χ3v) is 2.73. The first kappa shape index (κ1) is 5.77. The smallest absolute Gasteiger partial charge is 0.123 e. The molecule has 1 aromatic heterocycles. The highest BCUT2D eigenvalue weighted by atomic mass is 15.1. The van der Waals surface area contributed by atoms with Gasteiger partial charge in [0.05, 0.1) is 6.04 Å². The van der Waals surface area contributed by atoms with Gasteiger partial charge in [-0.05, 0) is 18.8 Å². The van der Waals surface area contributed by atoms with E-state index in [9.17, 15) is 0 Å². The average molecular weight is 149 g/mol. The van der Waals surface area contributed by atoms with Gasteiger partial charge in [-0.3, -0.25) is 0 Å². The van der Waals surface area contributed by atoms with Crippen LogP contribution >= 0.6 is 0 Å². The quantitative estimate of drug-likeness (QED) is 0.621. The van der Waals surface area contributed by atoms with Crippen LogP contribution in [0.1, 0.15) is 24.7 Å². The lowest BCUT2D eigenvalue weighted by Crippen LogP contribution is -2.18. The molecule has 1 saturated carbocycles. The van der Waals surface area contributed by atoms with Crippen LogP contribution in [0, 0.1) is 5.92 Å². The minimum absolute atomic E-state index is 0.508. The summed E-state index contributed by atoms with van der Waals surface area (Å²) in [5, 5.41) is 3.54. The third kappa shape index (κ3) is 0.807. The van der Waals surface area contributed by atoms with E-state index in [1.54, 1.807) is 0 Å². The normalized spacial score (nSPS) is 40.5. The van der Waals surface area contributed by atoms with Crippen molar-refractivity contribution in [2.45, 2.75) is 24.9 Å². The number of aromatic amines is 1. The molecule has 1 aliphatic carbocycles. The number of hydrogen-bond donors (Lipinski definition) is 2. The van der Waals surface area contributed by atoms with E-state index in [1.165, 1.54) is 12.8 Å². The lowest BCUT2D eigenvalue weighted by Gasteiger charge is -2.08. The number of aromatic nitrogens is 2. The molecule has 2 aliphatic rings. The van der Waals surface area contributed by atoms with E-state index in [1.807, 2.05) is 12.4 Å². The van der Waals surface area contributed by atoms with Gasteiger partial charge in [-0.1, -0.05) is 0 Å². The molecule has 1 aromatic rings. The third-order valence-electron chi connectivity index (χ3n) is 2.73. The second-order valence-electron chi connectivity index (χ2n) is 3.53. The van der Waals surface area contributed by atoms with Crippen LogP contribution in [0.5, 0.6) is 0 Å². The van der Waals surface area contributed by atoms with Gasteiger partial charge >= 0.3 is 0 Å². The Balaban J connectivity index is 1.81. The molecule has 0 radical (unpaired) electrons. The Kier molecular flexibility index (Phi) is 0.973. The average Bonchev–Trinajstić information content (AvgIpc) is 2.60. The van der Waals surface area contributed by atoms with Crippen molar-refractivity contribution in [1.82, 2.24) is 15.3 Å². The molecular weight excluding hydrogens is 138 g/mol. The Labute approximate surface area is 65.2 Å². The van der Waals surface area contributed by atoms with E-state index in [4.69, 9.17) is 0 Å². The maximum Gasteiger partial charge on any atom is 0.123 e. The van der Waals surface area contributed by atoms with Crippen LogP contribution in [0.15, 0.2) is 12.4 Å². The molecule has 0 spiro atoms. The summed E-state index contributed by atoms with van der Waals surface area (Å²) < 4.78 is 0. The second-order valence-corrected chi connectivity index (χ2v) is 3.53. The van der Waals surface area contributed by atoms with Crippen molar-refractivity contribution in [2.24, 2.45) is 5.92 Å². The Hall–Kier alpha value is -0.830. The zero-order valence-corrected chi connectivity index (χ0v) is 6.25. The molecule has 0 aromatic carbocycles. The molecule has 0 amide bonds. The molecular formula is C8H11N3. The summed E-state index contributed by atoms with van der Waals surface area (Å²) in [4.78, 5) is 7.38. The molecule has 2 N–H and O–H groups in total. The van der Waals surface area contributed by atoms with Crippen LogP contribution in [0.25, 0.3) is 0 Å². The fraction of sp³-hybridized carbons (Fsp3) is 0.625. The maximum atomic E-state index is 4.24. The molecule has 3 nitrogen and oxygen atoms in total. The van der Waals surface area contributed by atoms with Crippen molar-refractivity contribution in [3.63, 3.8) is 0 Å². The van der Waals surface area contributed by atoms with Crippen molar-refractivity contribution in [1.29, 1.82) is 0 Å². The van der Waals surface area contributed by atoms with Gasteiger partial charge in [-0.25, -0.2) is 4.98 Å². The molecule has 1 aliphatic heterocycles. The Morgan fingerprint density at radius 1 is 1.45 bits per heavy atom. The van der Waals surface area contributed by atoms with Crippen LogP contribution in [-0.4, -0.2) is 16.0 Å². The number of H-pyrrole nitrogens is 1. The van der Waals surface area contributed by atoms with Crippen LogP contribution in [-0.2, 0) is 0 Å². The van der Waals surface area contributed by atoms with Gasteiger partial charge in [-0.2, -0.15) is 0 Å². The van der Waals surface area contributed by atoms with Crippen molar-refractivity contribution in [3.05, 3.63) is 18.2 Å². The van der Waals surface area contributed by atoms with Crippen LogP contribution in [0.2, 0.25) is 0 Å². The number of imidazole rings is 1. The topological polar surface area (TPSA) is 40.7 Å². The monoisotopic (exact) mass is 149 g/mol. The van der Waals surface area contributed by atoms with Crippen molar-refractivity contribution >= 4 is 0 Å². The first-order chi connectivity index (χ1) is 5.43. The minimum atomic E-state index is 0.508. The lowest BCUT2D eigenvalue weighted by atomic mass is 10.2. The summed E-state index contributed by atoms with van der Waals surface area (Å²) in [6, 6.07) is 1.32. The molecule has 3 atom stereocenters. The summed E-state index contributed by atoms with van der Waals surface area (Å²) in [5.74, 6) is 2.06. The standard InChI is InChI=1S/C8H11N3/c1-2-10-8(9-1)7-4-5-3-6(5)11-7/h1-2,5-7,11H,3-4H2,(H,9,10)/t5-,6-,7-/m0/s1. The number of rotatable bonds is 1. The first-order valence-electron chi connectivity index (χ1n) is 4.19. The highest BCUT2D eigenvalue weighted by molar-refractivity contribution is 5.09. The molecule has 1 saturated heterocycles. The van der Waals surface area contributed by atoms with Crippen molar-refractivity contribution in [3.8, 4) is 0 Å². The molecule has 3 rings (SSSR count). The van der Waals surface area contributed by atoms with Crippen molar-refractivity contribution in [2.75, 3.05) is 0 Å². The van der Waals surface area contributed by atoms with Crippen molar-refractivity contribution < 1.29 is 0 Å².